The summed E-state index contributed by atoms with van der Waals surface area (Å²) in [5.41, 5.74) is 1.37. The highest BCUT2D eigenvalue weighted by molar-refractivity contribution is 5.85. The molecule has 0 radical (unpaired) electrons. The van der Waals surface area contributed by atoms with E-state index in [4.69, 9.17) is 5.11 Å². The molecule has 0 aliphatic rings. The molecular weight excluding hydrogens is 258 g/mol. The van der Waals surface area contributed by atoms with Gasteiger partial charge in [0.2, 0.25) is 5.82 Å². The van der Waals surface area contributed by atoms with Crippen LogP contribution in [0.25, 0.3) is 17.1 Å². The average Bonchev–Trinajstić information content (AvgIpc) is 2.98. The number of aromatic nitrogens is 5. The van der Waals surface area contributed by atoms with Crippen molar-refractivity contribution in [1.29, 1.82) is 0 Å². The van der Waals surface area contributed by atoms with E-state index in [1.165, 1.54) is 17.1 Å². The molecule has 0 atom stereocenters. The van der Waals surface area contributed by atoms with Gasteiger partial charge in [0.05, 0.1) is 6.20 Å². The van der Waals surface area contributed by atoms with Crippen molar-refractivity contribution in [2.24, 2.45) is 0 Å². The van der Waals surface area contributed by atoms with Crippen LogP contribution in [-0.4, -0.2) is 36.3 Å². The van der Waals surface area contributed by atoms with E-state index in [0.29, 0.717) is 11.5 Å². The molecule has 0 fully saturated rings. The number of aromatic carboxylic acids is 1. The zero-order valence-corrected chi connectivity index (χ0v) is 10.2. The van der Waals surface area contributed by atoms with Crippen molar-refractivity contribution < 1.29 is 9.90 Å². The fraction of sp³-hybridized carbons (Fsp3) is 0. The first-order chi connectivity index (χ1) is 9.74. The molecule has 2 heterocycles. The van der Waals surface area contributed by atoms with Crippen LogP contribution < -0.4 is 0 Å². The van der Waals surface area contributed by atoms with Gasteiger partial charge in [-0.2, -0.15) is 0 Å². The average molecular weight is 267 g/mol. The minimum Gasteiger partial charge on any atom is -0.477 e. The molecule has 0 unspecified atom stereocenters. The number of carboxylic acids is 1. The normalized spacial score (nSPS) is 10.4. The molecule has 3 rings (SSSR count). The first kappa shape index (κ1) is 12.0. The van der Waals surface area contributed by atoms with Gasteiger partial charge in [0, 0.05) is 5.56 Å². The Hall–Kier alpha value is -3.09. The number of nitrogens with zero attached hydrogens (tertiary/aromatic N) is 5. The van der Waals surface area contributed by atoms with Crippen molar-refractivity contribution in [2.45, 2.75) is 0 Å². The van der Waals surface area contributed by atoms with Crippen LogP contribution in [0.4, 0.5) is 0 Å². The molecule has 0 amide bonds. The number of pyridine rings is 1. The summed E-state index contributed by atoms with van der Waals surface area (Å²) in [6.45, 7) is 0. The second-order valence-electron chi connectivity index (χ2n) is 3.98. The molecular formula is C13H9N5O2. The number of hydrogen-bond acceptors (Lipinski definition) is 5. The molecule has 3 aromatic rings. The Labute approximate surface area is 113 Å². The summed E-state index contributed by atoms with van der Waals surface area (Å²) >= 11 is 0. The molecule has 98 valence electrons. The summed E-state index contributed by atoms with van der Waals surface area (Å²) in [6.07, 6.45) is 1.39. The van der Waals surface area contributed by atoms with Gasteiger partial charge in [0.15, 0.2) is 0 Å². The third-order valence-corrected chi connectivity index (χ3v) is 2.64. The third-order valence-electron chi connectivity index (χ3n) is 2.64. The van der Waals surface area contributed by atoms with Gasteiger partial charge in [-0.25, -0.2) is 9.78 Å². The van der Waals surface area contributed by atoms with Crippen molar-refractivity contribution in [3.05, 3.63) is 54.4 Å². The number of benzene rings is 1. The number of carboxylic acid groups (broad SMARTS) is 1. The van der Waals surface area contributed by atoms with Gasteiger partial charge in [-0.3, -0.25) is 0 Å². The molecule has 20 heavy (non-hydrogen) atoms. The van der Waals surface area contributed by atoms with Crippen LogP contribution in [0.1, 0.15) is 10.5 Å². The smallest absolute Gasteiger partial charge is 0.354 e. The molecule has 7 heteroatoms. The van der Waals surface area contributed by atoms with E-state index in [-0.39, 0.29) is 5.69 Å². The highest BCUT2D eigenvalue weighted by Gasteiger charge is 2.08. The molecule has 2 aromatic heterocycles. The van der Waals surface area contributed by atoms with Crippen LogP contribution in [0.3, 0.4) is 0 Å². The predicted molar refractivity (Wildman–Crippen MR) is 69.3 cm³/mol. The molecule has 1 N–H and O–H groups in total. The summed E-state index contributed by atoms with van der Waals surface area (Å²) in [5, 5.41) is 20.9. The van der Waals surface area contributed by atoms with E-state index in [9.17, 15) is 4.79 Å². The minimum absolute atomic E-state index is 0.0304. The number of rotatable bonds is 3. The standard InChI is InChI=1S/C13H9N5O2/c19-13(20)11-7-6-10(8-14-11)18-16-12(15-17-18)9-4-2-1-3-5-9/h1-8H,(H,19,20). The molecule has 7 nitrogen and oxygen atoms in total. The first-order valence-electron chi connectivity index (χ1n) is 5.79. The van der Waals surface area contributed by atoms with Crippen molar-refractivity contribution >= 4 is 5.97 Å². The van der Waals surface area contributed by atoms with Gasteiger partial charge in [-0.05, 0) is 17.3 Å². The van der Waals surface area contributed by atoms with Crippen molar-refractivity contribution in [3.63, 3.8) is 0 Å². The summed E-state index contributed by atoms with van der Waals surface area (Å²) in [7, 11) is 0. The second kappa shape index (κ2) is 4.88. The summed E-state index contributed by atoms with van der Waals surface area (Å²) in [6, 6.07) is 12.4. The maximum Gasteiger partial charge on any atom is 0.354 e. The Morgan fingerprint density at radius 3 is 2.55 bits per heavy atom. The van der Waals surface area contributed by atoms with E-state index in [1.807, 2.05) is 30.3 Å². The Bertz CT molecular complexity index is 737. The van der Waals surface area contributed by atoms with E-state index in [2.05, 4.69) is 20.4 Å². The van der Waals surface area contributed by atoms with Gasteiger partial charge in [-0.1, -0.05) is 30.3 Å². The Morgan fingerprint density at radius 1 is 1.10 bits per heavy atom. The van der Waals surface area contributed by atoms with Crippen LogP contribution in [0.2, 0.25) is 0 Å². The Morgan fingerprint density at radius 2 is 1.90 bits per heavy atom. The fourth-order valence-electron chi connectivity index (χ4n) is 1.66. The zero-order valence-electron chi connectivity index (χ0n) is 10.2. The largest absolute Gasteiger partial charge is 0.477 e. The quantitative estimate of drug-likeness (QED) is 0.771. The van der Waals surface area contributed by atoms with E-state index in [1.54, 1.807) is 6.07 Å². The monoisotopic (exact) mass is 267 g/mol. The van der Waals surface area contributed by atoms with Crippen molar-refractivity contribution in [3.8, 4) is 17.1 Å². The topological polar surface area (TPSA) is 93.8 Å². The fourth-order valence-corrected chi connectivity index (χ4v) is 1.66. The maximum atomic E-state index is 10.7. The van der Waals surface area contributed by atoms with Crippen molar-refractivity contribution in [2.75, 3.05) is 0 Å². The van der Waals surface area contributed by atoms with Gasteiger partial charge < -0.3 is 5.11 Å². The molecule has 0 spiro atoms. The van der Waals surface area contributed by atoms with Gasteiger partial charge in [0.25, 0.3) is 0 Å². The van der Waals surface area contributed by atoms with E-state index < -0.39 is 5.97 Å². The van der Waals surface area contributed by atoms with Crippen LogP contribution in [-0.2, 0) is 0 Å². The molecule has 0 saturated carbocycles. The molecule has 0 saturated heterocycles. The lowest BCUT2D eigenvalue weighted by Gasteiger charge is -1.98. The predicted octanol–water partition coefficient (Wildman–Crippen LogP) is 1.42. The Balaban J connectivity index is 1.92. The van der Waals surface area contributed by atoms with Crippen LogP contribution in [0, 0.1) is 0 Å². The third kappa shape index (κ3) is 2.24. The maximum absolute atomic E-state index is 10.7. The minimum atomic E-state index is -1.08. The lowest BCUT2D eigenvalue weighted by Crippen LogP contribution is -2.03. The SMILES string of the molecule is O=C(O)c1ccc(-n2nnc(-c3ccccc3)n2)cn1. The van der Waals surface area contributed by atoms with Gasteiger partial charge >= 0.3 is 5.97 Å². The van der Waals surface area contributed by atoms with Crippen LogP contribution in [0.5, 0.6) is 0 Å². The lowest BCUT2D eigenvalue weighted by atomic mass is 10.2. The van der Waals surface area contributed by atoms with E-state index in [0.717, 1.165) is 5.56 Å². The number of tetrazole rings is 1. The summed E-state index contributed by atoms with van der Waals surface area (Å²) < 4.78 is 0. The van der Waals surface area contributed by atoms with Crippen LogP contribution in [0.15, 0.2) is 48.7 Å². The summed E-state index contributed by atoms with van der Waals surface area (Å²) in [5.74, 6) is -0.582. The highest BCUT2D eigenvalue weighted by Crippen LogP contribution is 2.13. The van der Waals surface area contributed by atoms with Gasteiger partial charge in [0.1, 0.15) is 11.4 Å². The first-order valence-corrected chi connectivity index (χ1v) is 5.79. The Kier molecular flexibility index (Phi) is 2.92. The lowest BCUT2D eigenvalue weighted by molar-refractivity contribution is 0.0690. The molecule has 1 aromatic carbocycles. The second-order valence-corrected chi connectivity index (χ2v) is 3.98. The molecule has 0 bridgehead atoms. The summed E-state index contributed by atoms with van der Waals surface area (Å²) in [4.78, 5) is 15.8. The highest BCUT2D eigenvalue weighted by atomic mass is 16.4. The van der Waals surface area contributed by atoms with Crippen molar-refractivity contribution in [1.82, 2.24) is 25.2 Å². The molecule has 0 aliphatic carbocycles. The number of carbonyl (C=O) groups is 1. The van der Waals surface area contributed by atoms with Crippen LogP contribution >= 0.6 is 0 Å². The van der Waals surface area contributed by atoms with Gasteiger partial charge in [-0.15, -0.1) is 15.0 Å². The molecule has 0 aliphatic heterocycles. The number of hydrogen-bond donors (Lipinski definition) is 1. The van der Waals surface area contributed by atoms with E-state index >= 15 is 0 Å². The zero-order chi connectivity index (χ0) is 13.9.